The van der Waals surface area contributed by atoms with Crippen LogP contribution in [0.2, 0.25) is 0 Å². The molecule has 0 spiro atoms. The standard InChI is InChI=1S/C28H34N4O4/c1-27(2)13-19-14-28(3,15-27)16-31(19)17-32-21-9-7-6-8-20(21)24(26(32)34)29-30-25(33)18-10-11-22(35-4)23(12-18)36-5/h6-12,19,34H,13-17H2,1-5H3/p+1/t19-,28-/m0/s1. The predicted molar refractivity (Wildman–Crippen MR) is 137 cm³/mol. The first-order valence-corrected chi connectivity index (χ1v) is 12.5. The van der Waals surface area contributed by atoms with Gasteiger partial charge in [-0.2, -0.15) is 0 Å². The summed E-state index contributed by atoms with van der Waals surface area (Å²) in [4.78, 5) is 14.3. The topological polar surface area (TPSA) is 89.9 Å². The third-order valence-corrected chi connectivity index (χ3v) is 7.82. The number of rotatable bonds is 6. The zero-order chi connectivity index (χ0) is 25.7. The van der Waals surface area contributed by atoms with Gasteiger partial charge in [-0.15, -0.1) is 10.2 Å². The molecule has 1 saturated heterocycles. The fraction of sp³-hybridized carbons (Fsp3) is 0.464. The van der Waals surface area contributed by atoms with Gasteiger partial charge in [-0.3, -0.25) is 9.36 Å². The fourth-order valence-electron chi connectivity index (χ4n) is 6.79. The van der Waals surface area contributed by atoms with E-state index in [1.807, 2.05) is 28.8 Å². The van der Waals surface area contributed by atoms with Crippen molar-refractivity contribution >= 4 is 22.5 Å². The fourth-order valence-corrected chi connectivity index (χ4v) is 6.79. The summed E-state index contributed by atoms with van der Waals surface area (Å²) in [5.74, 6) is 0.478. The zero-order valence-electron chi connectivity index (χ0n) is 21.7. The van der Waals surface area contributed by atoms with E-state index in [1.54, 1.807) is 18.2 Å². The second-order valence-corrected chi connectivity index (χ2v) is 11.4. The number of likely N-dealkylation sites (tertiary alicyclic amines) is 1. The van der Waals surface area contributed by atoms with Crippen molar-refractivity contribution in [1.82, 2.24) is 4.57 Å². The first kappa shape index (κ1) is 24.3. The van der Waals surface area contributed by atoms with E-state index in [-0.39, 0.29) is 5.88 Å². The molecule has 5 rings (SSSR count). The van der Waals surface area contributed by atoms with Gasteiger partial charge in [0.25, 0.3) is 5.91 Å². The molecule has 3 aromatic rings. The minimum Gasteiger partial charge on any atom is -0.493 e. The van der Waals surface area contributed by atoms with Crippen LogP contribution in [0.15, 0.2) is 52.7 Å². The molecule has 3 atom stereocenters. The number of para-hydroxylation sites is 1. The van der Waals surface area contributed by atoms with Gasteiger partial charge in [-0.25, -0.2) is 0 Å². The summed E-state index contributed by atoms with van der Waals surface area (Å²) in [6.07, 6.45) is 3.64. The van der Waals surface area contributed by atoms with Crippen LogP contribution in [0, 0.1) is 10.8 Å². The van der Waals surface area contributed by atoms with E-state index in [4.69, 9.17) is 9.47 Å². The lowest BCUT2D eigenvalue weighted by atomic mass is 9.65. The normalized spacial score (nSPS) is 24.9. The molecule has 1 amide bonds. The van der Waals surface area contributed by atoms with E-state index in [2.05, 4.69) is 31.0 Å². The Bertz CT molecular complexity index is 1340. The Labute approximate surface area is 211 Å². The molecule has 2 heterocycles. The first-order valence-electron chi connectivity index (χ1n) is 12.5. The van der Waals surface area contributed by atoms with Gasteiger partial charge in [0.15, 0.2) is 23.9 Å². The van der Waals surface area contributed by atoms with Crippen molar-refractivity contribution in [3.8, 4) is 17.4 Å². The van der Waals surface area contributed by atoms with Crippen LogP contribution in [-0.4, -0.2) is 42.4 Å². The number of fused-ring (bicyclic) bond motifs is 3. The molecule has 8 nitrogen and oxygen atoms in total. The molecule has 36 heavy (non-hydrogen) atoms. The van der Waals surface area contributed by atoms with Gasteiger partial charge in [0.05, 0.1) is 32.3 Å². The number of quaternary nitrogens is 1. The van der Waals surface area contributed by atoms with Crippen molar-refractivity contribution in [3.63, 3.8) is 0 Å². The maximum atomic E-state index is 12.8. The largest absolute Gasteiger partial charge is 0.493 e. The van der Waals surface area contributed by atoms with E-state index in [1.165, 1.54) is 38.4 Å². The number of aromatic nitrogens is 1. The number of hydrogen-bond donors (Lipinski definition) is 2. The van der Waals surface area contributed by atoms with Gasteiger partial charge in [0.1, 0.15) is 0 Å². The second-order valence-electron chi connectivity index (χ2n) is 11.4. The van der Waals surface area contributed by atoms with Crippen LogP contribution in [0.25, 0.3) is 10.9 Å². The molecule has 8 heteroatoms. The molecule has 2 fully saturated rings. The zero-order valence-corrected chi connectivity index (χ0v) is 21.7. The molecule has 2 aromatic carbocycles. The number of methoxy groups -OCH3 is 2. The number of carbonyl (C=O) groups excluding carboxylic acids is 1. The van der Waals surface area contributed by atoms with Crippen LogP contribution < -0.4 is 14.4 Å². The predicted octanol–water partition coefficient (Wildman–Crippen LogP) is 4.73. The van der Waals surface area contributed by atoms with E-state index < -0.39 is 5.91 Å². The smallest absolute Gasteiger partial charge is 0.295 e. The number of nitrogens with one attached hydrogen (secondary N) is 1. The highest BCUT2D eigenvalue weighted by Crippen LogP contribution is 2.47. The van der Waals surface area contributed by atoms with Gasteiger partial charge in [0, 0.05) is 29.2 Å². The van der Waals surface area contributed by atoms with Crippen LogP contribution in [0.3, 0.4) is 0 Å². The summed E-state index contributed by atoms with van der Waals surface area (Å²) in [5.41, 5.74) is 2.19. The van der Waals surface area contributed by atoms with E-state index >= 15 is 0 Å². The summed E-state index contributed by atoms with van der Waals surface area (Å²) in [6, 6.07) is 13.2. The minimum absolute atomic E-state index is 0.0402. The van der Waals surface area contributed by atoms with Crippen LogP contribution in [0.1, 0.15) is 50.4 Å². The number of ether oxygens (including phenoxy) is 2. The Morgan fingerprint density at radius 3 is 2.61 bits per heavy atom. The van der Waals surface area contributed by atoms with E-state index in [0.717, 1.165) is 17.4 Å². The summed E-state index contributed by atoms with van der Waals surface area (Å²) < 4.78 is 12.5. The SMILES string of the molecule is COc1ccc(C(=O)N=Nc2c(O)n(C[NH+]3C[C@@]4(C)C[C@@H]3CC(C)(C)C4)c3ccccc23)cc1OC. The van der Waals surface area contributed by atoms with Gasteiger partial charge >= 0.3 is 0 Å². The van der Waals surface area contributed by atoms with Crippen molar-refractivity contribution in [3.05, 3.63) is 48.0 Å². The molecule has 1 unspecified atom stereocenters. The molecule has 190 valence electrons. The van der Waals surface area contributed by atoms with E-state index in [9.17, 15) is 9.90 Å². The molecular weight excluding hydrogens is 456 g/mol. The molecule has 1 saturated carbocycles. The monoisotopic (exact) mass is 491 g/mol. The lowest BCUT2D eigenvalue weighted by molar-refractivity contribution is -0.936. The Balaban J connectivity index is 1.45. The number of azo groups is 1. The summed E-state index contributed by atoms with van der Waals surface area (Å²) >= 11 is 0. The second kappa shape index (κ2) is 8.92. The molecule has 2 bridgehead atoms. The molecule has 0 radical (unpaired) electrons. The van der Waals surface area contributed by atoms with Crippen LogP contribution in [-0.2, 0) is 6.67 Å². The average molecular weight is 492 g/mol. The van der Waals surface area contributed by atoms with Crippen molar-refractivity contribution in [2.45, 2.75) is 52.7 Å². The molecule has 1 aliphatic heterocycles. The van der Waals surface area contributed by atoms with Gasteiger partial charge in [-0.05, 0) is 36.1 Å². The third-order valence-electron chi connectivity index (χ3n) is 7.82. The minimum atomic E-state index is -0.527. The highest BCUT2D eigenvalue weighted by atomic mass is 16.5. The van der Waals surface area contributed by atoms with Gasteiger partial charge in [-0.1, -0.05) is 39.0 Å². The molecule has 2 N–H and O–H groups in total. The summed E-state index contributed by atoms with van der Waals surface area (Å²) in [5, 5.41) is 20.2. The maximum Gasteiger partial charge on any atom is 0.295 e. The number of carbonyl (C=O) groups is 1. The van der Waals surface area contributed by atoms with Crippen LogP contribution >= 0.6 is 0 Å². The quantitative estimate of drug-likeness (QED) is 0.488. The average Bonchev–Trinajstić information content (AvgIpc) is 3.24. The highest BCUT2D eigenvalue weighted by Gasteiger charge is 2.52. The van der Waals surface area contributed by atoms with Gasteiger partial charge in [0.2, 0.25) is 5.88 Å². The van der Waals surface area contributed by atoms with Gasteiger partial charge < -0.3 is 19.5 Å². The third kappa shape index (κ3) is 4.34. The van der Waals surface area contributed by atoms with Crippen molar-refractivity contribution in [2.75, 3.05) is 20.8 Å². The lowest BCUT2D eigenvalue weighted by Crippen LogP contribution is -3.13. The Hall–Kier alpha value is -3.39. The number of nitrogens with zero attached hydrogens (tertiary/aromatic N) is 3. The molecule has 2 aliphatic rings. The van der Waals surface area contributed by atoms with E-state index in [0.29, 0.717) is 46.3 Å². The molecule has 1 aromatic heterocycles. The highest BCUT2D eigenvalue weighted by molar-refractivity contribution is 5.97. The Kier molecular flexibility index (Phi) is 6.03. The number of amides is 1. The lowest BCUT2D eigenvalue weighted by Gasteiger charge is -2.37. The number of benzene rings is 2. The number of hydrogen-bond acceptors (Lipinski definition) is 5. The maximum absolute atomic E-state index is 12.8. The summed E-state index contributed by atoms with van der Waals surface area (Å²) in [6.45, 7) is 8.89. The Morgan fingerprint density at radius 1 is 1.11 bits per heavy atom. The first-order chi connectivity index (χ1) is 17.1. The summed E-state index contributed by atoms with van der Waals surface area (Å²) in [7, 11) is 3.05. The Morgan fingerprint density at radius 2 is 1.86 bits per heavy atom. The van der Waals surface area contributed by atoms with Crippen LogP contribution in [0.4, 0.5) is 5.69 Å². The van der Waals surface area contributed by atoms with Crippen LogP contribution in [0.5, 0.6) is 17.4 Å². The molecule has 1 aliphatic carbocycles. The van der Waals surface area contributed by atoms with Crippen molar-refractivity contribution in [1.29, 1.82) is 0 Å². The molecular formula is C28H35N4O4+. The van der Waals surface area contributed by atoms with Crippen molar-refractivity contribution in [2.24, 2.45) is 21.1 Å². The number of aromatic hydroxyl groups is 1. The van der Waals surface area contributed by atoms with Crippen molar-refractivity contribution < 1.29 is 24.3 Å².